The zero-order chi connectivity index (χ0) is 13.0. The summed E-state index contributed by atoms with van der Waals surface area (Å²) in [4.78, 5) is 15.9. The second kappa shape index (κ2) is 5.48. The maximum Gasteiger partial charge on any atom is 0.292 e. The van der Waals surface area contributed by atoms with E-state index in [0.717, 1.165) is 32.4 Å². The van der Waals surface area contributed by atoms with E-state index in [9.17, 15) is 4.79 Å². The molecule has 0 saturated carbocycles. The molecule has 0 spiro atoms. The van der Waals surface area contributed by atoms with Crippen LogP contribution in [0.5, 0.6) is 0 Å². The molecule has 100 valence electrons. The second-order valence-corrected chi connectivity index (χ2v) is 4.70. The fourth-order valence-electron chi connectivity index (χ4n) is 2.37. The minimum absolute atomic E-state index is 0.115. The van der Waals surface area contributed by atoms with Gasteiger partial charge in [-0.1, -0.05) is 12.1 Å². The van der Waals surface area contributed by atoms with Crippen molar-refractivity contribution in [2.45, 2.75) is 38.5 Å². The van der Waals surface area contributed by atoms with Crippen LogP contribution in [0.2, 0.25) is 0 Å². The van der Waals surface area contributed by atoms with Crippen molar-refractivity contribution in [1.29, 1.82) is 0 Å². The molecule has 18 heavy (non-hydrogen) atoms. The number of carbonyl (C=O) groups is 1. The normalized spacial score (nSPS) is 23.9. The van der Waals surface area contributed by atoms with Gasteiger partial charge in [0.15, 0.2) is 0 Å². The van der Waals surface area contributed by atoms with Crippen LogP contribution in [0, 0.1) is 0 Å². The SMILES string of the molecule is CCNC(=O)c1noc(C2(CC)CCCNC2)n1. The molecule has 0 aromatic carbocycles. The molecule has 0 radical (unpaired) electrons. The zero-order valence-electron chi connectivity index (χ0n) is 11.0. The van der Waals surface area contributed by atoms with Crippen molar-refractivity contribution in [3.05, 3.63) is 11.7 Å². The standard InChI is InChI=1S/C12H20N4O2/c1-3-12(6-5-7-13-8-12)11-15-9(16-18-11)10(17)14-4-2/h13H,3-8H2,1-2H3,(H,14,17). The summed E-state index contributed by atoms with van der Waals surface area (Å²) in [5, 5.41) is 9.81. The number of hydrogen-bond acceptors (Lipinski definition) is 5. The molecule has 2 heterocycles. The van der Waals surface area contributed by atoms with E-state index in [2.05, 4.69) is 27.7 Å². The molecular formula is C12H20N4O2. The predicted molar refractivity (Wildman–Crippen MR) is 66.4 cm³/mol. The number of amides is 1. The first kappa shape index (κ1) is 13.0. The van der Waals surface area contributed by atoms with Gasteiger partial charge in [-0.15, -0.1) is 0 Å². The van der Waals surface area contributed by atoms with Gasteiger partial charge in [-0.05, 0) is 32.7 Å². The summed E-state index contributed by atoms with van der Waals surface area (Å²) in [6, 6.07) is 0. The van der Waals surface area contributed by atoms with Gasteiger partial charge in [0.2, 0.25) is 5.89 Å². The number of nitrogens with one attached hydrogen (secondary N) is 2. The lowest BCUT2D eigenvalue weighted by Crippen LogP contribution is -2.43. The van der Waals surface area contributed by atoms with Gasteiger partial charge in [-0.3, -0.25) is 4.79 Å². The zero-order valence-corrected chi connectivity index (χ0v) is 11.0. The summed E-state index contributed by atoms with van der Waals surface area (Å²) in [6.07, 6.45) is 3.04. The van der Waals surface area contributed by atoms with Crippen LogP contribution in [0.3, 0.4) is 0 Å². The van der Waals surface area contributed by atoms with E-state index in [1.807, 2.05) is 6.92 Å². The number of piperidine rings is 1. The third kappa shape index (κ3) is 2.38. The molecular weight excluding hydrogens is 232 g/mol. The molecule has 1 aromatic heterocycles. The fraction of sp³-hybridized carbons (Fsp3) is 0.750. The smallest absolute Gasteiger partial charge is 0.292 e. The van der Waals surface area contributed by atoms with Crippen LogP contribution >= 0.6 is 0 Å². The molecule has 1 unspecified atom stereocenters. The van der Waals surface area contributed by atoms with E-state index >= 15 is 0 Å². The molecule has 1 aromatic rings. The average molecular weight is 252 g/mol. The van der Waals surface area contributed by atoms with E-state index in [-0.39, 0.29) is 17.1 Å². The van der Waals surface area contributed by atoms with Gasteiger partial charge >= 0.3 is 0 Å². The number of aromatic nitrogens is 2. The lowest BCUT2D eigenvalue weighted by Gasteiger charge is -2.33. The molecule has 1 atom stereocenters. The molecule has 6 nitrogen and oxygen atoms in total. The van der Waals surface area contributed by atoms with Crippen molar-refractivity contribution in [1.82, 2.24) is 20.8 Å². The molecule has 0 aliphatic carbocycles. The highest BCUT2D eigenvalue weighted by atomic mass is 16.5. The number of rotatable bonds is 4. The van der Waals surface area contributed by atoms with E-state index in [1.165, 1.54) is 0 Å². The lowest BCUT2D eigenvalue weighted by atomic mass is 9.78. The van der Waals surface area contributed by atoms with E-state index in [1.54, 1.807) is 0 Å². The number of hydrogen-bond donors (Lipinski definition) is 2. The van der Waals surface area contributed by atoms with Gasteiger partial charge in [0.25, 0.3) is 11.7 Å². The Morgan fingerprint density at radius 3 is 3.00 bits per heavy atom. The van der Waals surface area contributed by atoms with Crippen molar-refractivity contribution in [2.24, 2.45) is 0 Å². The van der Waals surface area contributed by atoms with E-state index in [0.29, 0.717) is 12.4 Å². The van der Waals surface area contributed by atoms with Crippen molar-refractivity contribution < 1.29 is 9.32 Å². The number of nitrogens with zero attached hydrogens (tertiary/aromatic N) is 2. The predicted octanol–water partition coefficient (Wildman–Crippen LogP) is 0.850. The highest BCUT2D eigenvalue weighted by Gasteiger charge is 2.38. The van der Waals surface area contributed by atoms with Crippen LogP contribution in [0.1, 0.15) is 49.6 Å². The molecule has 2 rings (SSSR count). The molecule has 1 saturated heterocycles. The summed E-state index contributed by atoms with van der Waals surface area (Å²) in [5.41, 5.74) is -0.115. The van der Waals surface area contributed by atoms with Gasteiger partial charge in [-0.25, -0.2) is 0 Å². The second-order valence-electron chi connectivity index (χ2n) is 4.70. The molecule has 1 aliphatic heterocycles. The molecule has 6 heteroatoms. The first-order valence-corrected chi connectivity index (χ1v) is 6.55. The van der Waals surface area contributed by atoms with Crippen LogP contribution < -0.4 is 10.6 Å². The van der Waals surface area contributed by atoms with Gasteiger partial charge in [0.1, 0.15) is 0 Å². The Balaban J connectivity index is 2.19. The number of carbonyl (C=O) groups excluding carboxylic acids is 1. The molecule has 1 aliphatic rings. The van der Waals surface area contributed by atoms with E-state index < -0.39 is 0 Å². The minimum Gasteiger partial charge on any atom is -0.349 e. The Kier molecular flexibility index (Phi) is 3.96. The highest BCUT2D eigenvalue weighted by molar-refractivity contribution is 5.90. The highest BCUT2D eigenvalue weighted by Crippen LogP contribution is 2.33. The summed E-state index contributed by atoms with van der Waals surface area (Å²) >= 11 is 0. The van der Waals surface area contributed by atoms with Crippen molar-refractivity contribution in [3.8, 4) is 0 Å². The lowest BCUT2D eigenvalue weighted by molar-refractivity contribution is 0.0942. The summed E-state index contributed by atoms with van der Waals surface area (Å²) < 4.78 is 5.30. The Morgan fingerprint density at radius 1 is 1.56 bits per heavy atom. The molecule has 1 fully saturated rings. The van der Waals surface area contributed by atoms with Gasteiger partial charge in [0.05, 0.1) is 5.41 Å². The maximum atomic E-state index is 11.6. The third-order valence-electron chi connectivity index (χ3n) is 3.57. The maximum absolute atomic E-state index is 11.6. The van der Waals surface area contributed by atoms with E-state index in [4.69, 9.17) is 4.52 Å². The first-order chi connectivity index (χ1) is 8.72. The fourth-order valence-corrected chi connectivity index (χ4v) is 2.37. The first-order valence-electron chi connectivity index (χ1n) is 6.55. The molecule has 1 amide bonds. The van der Waals surface area contributed by atoms with Gasteiger partial charge in [0, 0.05) is 13.1 Å². The molecule has 0 bridgehead atoms. The van der Waals surface area contributed by atoms with Crippen molar-refractivity contribution in [2.75, 3.05) is 19.6 Å². The van der Waals surface area contributed by atoms with Gasteiger partial charge in [-0.2, -0.15) is 4.98 Å². The Morgan fingerprint density at radius 2 is 2.39 bits per heavy atom. The summed E-state index contributed by atoms with van der Waals surface area (Å²) in [7, 11) is 0. The monoisotopic (exact) mass is 252 g/mol. The summed E-state index contributed by atoms with van der Waals surface area (Å²) in [6.45, 7) is 6.39. The van der Waals surface area contributed by atoms with Crippen LogP contribution in [-0.4, -0.2) is 35.7 Å². The van der Waals surface area contributed by atoms with Crippen molar-refractivity contribution >= 4 is 5.91 Å². The van der Waals surface area contributed by atoms with Crippen LogP contribution in [-0.2, 0) is 5.41 Å². The van der Waals surface area contributed by atoms with Gasteiger partial charge < -0.3 is 15.2 Å². The third-order valence-corrected chi connectivity index (χ3v) is 3.57. The van der Waals surface area contributed by atoms with Crippen molar-refractivity contribution in [3.63, 3.8) is 0 Å². The Labute approximate surface area is 107 Å². The average Bonchev–Trinajstić information content (AvgIpc) is 2.90. The summed E-state index contributed by atoms with van der Waals surface area (Å²) in [5.74, 6) is 0.436. The minimum atomic E-state index is -0.275. The van der Waals surface area contributed by atoms with Crippen LogP contribution in [0.15, 0.2) is 4.52 Å². The van der Waals surface area contributed by atoms with Crippen LogP contribution in [0.25, 0.3) is 0 Å². The Bertz CT molecular complexity index is 410. The Hall–Kier alpha value is -1.43. The van der Waals surface area contributed by atoms with Crippen LogP contribution in [0.4, 0.5) is 0 Å². The topological polar surface area (TPSA) is 80.0 Å². The molecule has 2 N–H and O–H groups in total. The quantitative estimate of drug-likeness (QED) is 0.830. The largest absolute Gasteiger partial charge is 0.349 e.